The van der Waals surface area contributed by atoms with Crippen molar-refractivity contribution < 1.29 is 0 Å². The number of hydrogen-bond donors (Lipinski definition) is 1. The molecule has 1 atom stereocenters. The third kappa shape index (κ3) is 7.31. The highest BCUT2D eigenvalue weighted by atomic mass is 16.1. The average Bonchev–Trinajstić information content (AvgIpc) is 2.15. The van der Waals surface area contributed by atoms with Gasteiger partial charge in [0, 0.05) is 11.8 Å². The second-order valence-electron chi connectivity index (χ2n) is 6.12. The molecule has 0 amide bonds. The third-order valence-electron chi connectivity index (χ3n) is 2.57. The summed E-state index contributed by atoms with van der Waals surface area (Å²) in [5, 5.41) is 0. The zero-order chi connectivity index (χ0) is 14.3. The summed E-state index contributed by atoms with van der Waals surface area (Å²) < 4.78 is 0. The van der Waals surface area contributed by atoms with Crippen molar-refractivity contribution in [3.63, 3.8) is 0 Å². The van der Waals surface area contributed by atoms with Crippen LogP contribution in [0, 0.1) is 18.3 Å². The highest BCUT2D eigenvalue weighted by Gasteiger charge is 2.15. The maximum atomic E-state index is 11.3. The van der Waals surface area contributed by atoms with Gasteiger partial charge < -0.3 is 4.98 Å². The molecule has 1 aromatic rings. The largest absolute Gasteiger partial charge is 0.326 e. The Morgan fingerprint density at radius 2 is 1.78 bits per heavy atom. The fourth-order valence-corrected chi connectivity index (χ4v) is 2.36. The molecule has 0 fully saturated rings. The molecule has 0 radical (unpaired) electrons. The summed E-state index contributed by atoms with van der Waals surface area (Å²) in [6.45, 7) is 15.0. The first-order valence-corrected chi connectivity index (χ1v) is 6.96. The van der Waals surface area contributed by atoms with Crippen LogP contribution in [-0.4, -0.2) is 4.98 Å². The van der Waals surface area contributed by atoms with E-state index in [1.807, 2.05) is 20.8 Å². The van der Waals surface area contributed by atoms with Crippen LogP contribution in [0.3, 0.4) is 0 Å². The van der Waals surface area contributed by atoms with Crippen LogP contribution < -0.4 is 5.56 Å². The Morgan fingerprint density at radius 1 is 1.22 bits per heavy atom. The van der Waals surface area contributed by atoms with Crippen molar-refractivity contribution in [1.82, 2.24) is 4.98 Å². The Kier molecular flexibility index (Phi) is 6.97. The lowest BCUT2D eigenvalue weighted by Gasteiger charge is -2.23. The normalized spacial score (nSPS) is 12.6. The van der Waals surface area contributed by atoms with Crippen LogP contribution in [0.4, 0.5) is 0 Å². The summed E-state index contributed by atoms with van der Waals surface area (Å²) >= 11 is 0. The summed E-state index contributed by atoms with van der Waals surface area (Å²) in [5.74, 6) is 0.595. The second kappa shape index (κ2) is 7.40. The summed E-state index contributed by atoms with van der Waals surface area (Å²) in [4.78, 5) is 14.2. The minimum atomic E-state index is 0.0120. The molecule has 1 aromatic heterocycles. The first-order chi connectivity index (χ1) is 8.26. The maximum Gasteiger partial charge on any atom is 0.248 e. The molecule has 0 aliphatic rings. The lowest BCUT2D eigenvalue weighted by atomic mass is 9.83. The van der Waals surface area contributed by atoms with Gasteiger partial charge in [-0.15, -0.1) is 0 Å². The van der Waals surface area contributed by atoms with Crippen molar-refractivity contribution in [2.24, 2.45) is 11.3 Å². The van der Waals surface area contributed by atoms with Gasteiger partial charge in [0.05, 0.1) is 0 Å². The monoisotopic (exact) mass is 251 g/mol. The molecule has 0 aromatic carbocycles. The van der Waals surface area contributed by atoms with Crippen molar-refractivity contribution in [3.8, 4) is 0 Å². The zero-order valence-corrected chi connectivity index (χ0v) is 13.1. The van der Waals surface area contributed by atoms with Gasteiger partial charge in [-0.1, -0.05) is 41.5 Å². The van der Waals surface area contributed by atoms with Gasteiger partial charge in [0.25, 0.3) is 0 Å². The Balaban J connectivity index is 0.00000137. The van der Waals surface area contributed by atoms with Gasteiger partial charge in [-0.2, -0.15) is 0 Å². The average molecular weight is 251 g/mol. The van der Waals surface area contributed by atoms with Crippen LogP contribution in [0.15, 0.2) is 16.9 Å². The van der Waals surface area contributed by atoms with E-state index in [1.54, 1.807) is 6.07 Å². The molecule has 0 aliphatic heterocycles. The van der Waals surface area contributed by atoms with Crippen molar-refractivity contribution in [2.45, 2.75) is 61.3 Å². The summed E-state index contributed by atoms with van der Waals surface area (Å²) in [6.07, 6.45) is 2.12. The number of aromatic amines is 1. The first kappa shape index (κ1) is 16.9. The molecule has 104 valence electrons. The van der Waals surface area contributed by atoms with E-state index < -0.39 is 0 Å². The molecule has 1 unspecified atom stereocenters. The van der Waals surface area contributed by atoms with Crippen molar-refractivity contribution in [3.05, 3.63) is 33.7 Å². The van der Waals surface area contributed by atoms with Crippen LogP contribution in [0.5, 0.6) is 0 Å². The quantitative estimate of drug-likeness (QED) is 0.852. The number of pyridine rings is 1. The molecule has 0 aliphatic carbocycles. The number of aryl methyl sites for hydroxylation is 1. The van der Waals surface area contributed by atoms with Gasteiger partial charge in [-0.3, -0.25) is 4.79 Å². The molecule has 1 rings (SSSR count). The standard InChI is InChI=1S/C14H23NO.C2H6/c1-10-6-12(15-13(16)8-10)7-11(2)9-14(3,4)5;1-2/h6,8,11H,7,9H2,1-5H3,(H,15,16);1-2H3. The van der Waals surface area contributed by atoms with Gasteiger partial charge in [0.1, 0.15) is 0 Å². The molecule has 2 nitrogen and oxygen atoms in total. The smallest absolute Gasteiger partial charge is 0.248 e. The predicted octanol–water partition coefficient (Wildman–Crippen LogP) is 4.32. The van der Waals surface area contributed by atoms with E-state index in [9.17, 15) is 4.79 Å². The zero-order valence-electron chi connectivity index (χ0n) is 13.1. The van der Waals surface area contributed by atoms with Crippen molar-refractivity contribution in [2.75, 3.05) is 0 Å². The molecule has 2 heteroatoms. The van der Waals surface area contributed by atoms with Gasteiger partial charge in [-0.25, -0.2) is 0 Å². The van der Waals surface area contributed by atoms with Crippen molar-refractivity contribution in [1.29, 1.82) is 0 Å². The van der Waals surface area contributed by atoms with Crippen LogP contribution in [-0.2, 0) is 6.42 Å². The van der Waals surface area contributed by atoms with E-state index in [4.69, 9.17) is 0 Å². The lowest BCUT2D eigenvalue weighted by Crippen LogP contribution is -2.15. The van der Waals surface area contributed by atoms with Crippen LogP contribution in [0.25, 0.3) is 0 Å². The molecule has 0 saturated carbocycles. The molecule has 0 saturated heterocycles. The minimum Gasteiger partial charge on any atom is -0.326 e. The Bertz CT molecular complexity index is 398. The van der Waals surface area contributed by atoms with E-state index >= 15 is 0 Å². The van der Waals surface area contributed by atoms with Gasteiger partial charge in [0.15, 0.2) is 0 Å². The highest BCUT2D eigenvalue weighted by Crippen LogP contribution is 2.25. The Labute approximate surface area is 112 Å². The fraction of sp³-hybridized carbons (Fsp3) is 0.688. The minimum absolute atomic E-state index is 0.0120. The Morgan fingerprint density at radius 3 is 2.22 bits per heavy atom. The SMILES string of the molecule is CC.Cc1cc(CC(C)CC(C)(C)C)[nH]c(=O)c1. The molecule has 18 heavy (non-hydrogen) atoms. The molecule has 1 heterocycles. The lowest BCUT2D eigenvalue weighted by molar-refractivity contribution is 0.305. The number of aromatic nitrogens is 1. The second-order valence-corrected chi connectivity index (χ2v) is 6.12. The predicted molar refractivity (Wildman–Crippen MR) is 80.1 cm³/mol. The van der Waals surface area contributed by atoms with E-state index in [2.05, 4.69) is 38.7 Å². The van der Waals surface area contributed by atoms with E-state index in [0.29, 0.717) is 11.3 Å². The highest BCUT2D eigenvalue weighted by molar-refractivity contribution is 5.14. The summed E-state index contributed by atoms with van der Waals surface area (Å²) in [5.41, 5.74) is 2.46. The van der Waals surface area contributed by atoms with Crippen LogP contribution >= 0.6 is 0 Å². The van der Waals surface area contributed by atoms with Gasteiger partial charge in [0.2, 0.25) is 5.56 Å². The molecular formula is C16H29NO. The number of H-pyrrole nitrogens is 1. The number of rotatable bonds is 3. The fourth-order valence-electron chi connectivity index (χ4n) is 2.36. The van der Waals surface area contributed by atoms with Crippen LogP contribution in [0.1, 0.15) is 59.2 Å². The summed E-state index contributed by atoms with van der Waals surface area (Å²) in [6, 6.07) is 3.71. The van der Waals surface area contributed by atoms with Gasteiger partial charge >= 0.3 is 0 Å². The molecular weight excluding hydrogens is 222 g/mol. The van der Waals surface area contributed by atoms with E-state index in [1.165, 1.54) is 6.42 Å². The molecule has 0 bridgehead atoms. The molecule has 0 spiro atoms. The number of nitrogens with one attached hydrogen (secondary N) is 1. The Hall–Kier alpha value is -1.05. The van der Waals surface area contributed by atoms with E-state index in [0.717, 1.165) is 17.7 Å². The molecule has 1 N–H and O–H groups in total. The maximum absolute atomic E-state index is 11.3. The van der Waals surface area contributed by atoms with E-state index in [-0.39, 0.29) is 5.56 Å². The third-order valence-corrected chi connectivity index (χ3v) is 2.57. The number of hydrogen-bond acceptors (Lipinski definition) is 1. The van der Waals surface area contributed by atoms with Crippen LogP contribution in [0.2, 0.25) is 0 Å². The topological polar surface area (TPSA) is 32.9 Å². The van der Waals surface area contributed by atoms with Crippen molar-refractivity contribution >= 4 is 0 Å². The summed E-state index contributed by atoms with van der Waals surface area (Å²) in [7, 11) is 0. The first-order valence-electron chi connectivity index (χ1n) is 6.96. The van der Waals surface area contributed by atoms with Gasteiger partial charge in [-0.05, 0) is 42.7 Å².